The SMILES string of the molecule is O=C(O)c1snc2ccc(-c3ccoc3)cc12. The smallest absolute Gasteiger partial charge is 0.348 e. The van der Waals surface area contributed by atoms with Crippen molar-refractivity contribution < 1.29 is 14.3 Å². The summed E-state index contributed by atoms with van der Waals surface area (Å²) in [7, 11) is 0. The summed E-state index contributed by atoms with van der Waals surface area (Å²) in [5, 5.41) is 9.71. The molecule has 1 aromatic carbocycles. The van der Waals surface area contributed by atoms with Crippen LogP contribution >= 0.6 is 11.5 Å². The summed E-state index contributed by atoms with van der Waals surface area (Å²) in [5.74, 6) is -0.943. The van der Waals surface area contributed by atoms with E-state index in [2.05, 4.69) is 4.37 Å². The first-order valence-electron chi connectivity index (χ1n) is 4.91. The Morgan fingerprint density at radius 1 is 1.29 bits per heavy atom. The highest BCUT2D eigenvalue weighted by atomic mass is 32.1. The summed E-state index contributed by atoms with van der Waals surface area (Å²) in [6.45, 7) is 0. The molecule has 1 N–H and O–H groups in total. The van der Waals surface area contributed by atoms with E-state index in [1.807, 2.05) is 24.3 Å². The van der Waals surface area contributed by atoms with Crippen LogP contribution in [-0.4, -0.2) is 15.4 Å². The second kappa shape index (κ2) is 3.71. The fourth-order valence-corrected chi connectivity index (χ4v) is 2.39. The highest BCUT2D eigenvalue weighted by Crippen LogP contribution is 2.28. The van der Waals surface area contributed by atoms with Crippen LogP contribution in [0.4, 0.5) is 0 Å². The average molecular weight is 245 g/mol. The van der Waals surface area contributed by atoms with E-state index < -0.39 is 5.97 Å². The van der Waals surface area contributed by atoms with Gasteiger partial charge in [-0.25, -0.2) is 4.79 Å². The summed E-state index contributed by atoms with van der Waals surface area (Å²) < 4.78 is 9.11. The maximum Gasteiger partial charge on any atom is 0.348 e. The standard InChI is InChI=1S/C12H7NO3S/c14-12(15)11-9-5-7(8-3-4-16-6-8)1-2-10(9)13-17-11/h1-6H,(H,14,15). The highest BCUT2D eigenvalue weighted by Gasteiger charge is 2.13. The van der Waals surface area contributed by atoms with Gasteiger partial charge in [0.15, 0.2) is 0 Å². The van der Waals surface area contributed by atoms with Crippen molar-refractivity contribution in [3.05, 3.63) is 41.7 Å². The average Bonchev–Trinajstić information content (AvgIpc) is 2.97. The van der Waals surface area contributed by atoms with Gasteiger partial charge in [0.05, 0.1) is 18.0 Å². The van der Waals surface area contributed by atoms with Crippen molar-refractivity contribution in [2.24, 2.45) is 0 Å². The summed E-state index contributed by atoms with van der Waals surface area (Å²) >= 11 is 1.00. The molecule has 0 radical (unpaired) electrons. The quantitative estimate of drug-likeness (QED) is 0.752. The van der Waals surface area contributed by atoms with Crippen molar-refractivity contribution in [3.63, 3.8) is 0 Å². The van der Waals surface area contributed by atoms with E-state index in [0.717, 1.165) is 22.7 Å². The Bertz CT molecular complexity index is 685. The molecule has 0 unspecified atom stereocenters. The minimum absolute atomic E-state index is 0.269. The maximum absolute atomic E-state index is 11.0. The Morgan fingerprint density at radius 3 is 2.88 bits per heavy atom. The van der Waals surface area contributed by atoms with Crippen LogP contribution in [0.1, 0.15) is 9.67 Å². The number of nitrogens with zero attached hydrogens (tertiary/aromatic N) is 1. The molecule has 0 aliphatic carbocycles. The van der Waals surface area contributed by atoms with E-state index >= 15 is 0 Å². The first-order valence-corrected chi connectivity index (χ1v) is 5.68. The topological polar surface area (TPSA) is 63.3 Å². The van der Waals surface area contributed by atoms with Crippen molar-refractivity contribution in [3.8, 4) is 11.1 Å². The van der Waals surface area contributed by atoms with Crippen LogP contribution in [0.25, 0.3) is 22.0 Å². The summed E-state index contributed by atoms with van der Waals surface area (Å²) in [5.41, 5.74) is 2.56. The Labute approximate surface area is 100 Å². The predicted molar refractivity (Wildman–Crippen MR) is 64.3 cm³/mol. The van der Waals surface area contributed by atoms with Crippen molar-refractivity contribution in [2.45, 2.75) is 0 Å². The number of aromatic carboxylic acids is 1. The van der Waals surface area contributed by atoms with Crippen LogP contribution in [0.3, 0.4) is 0 Å². The van der Waals surface area contributed by atoms with Crippen molar-refractivity contribution >= 4 is 28.4 Å². The van der Waals surface area contributed by atoms with Crippen molar-refractivity contribution in [1.29, 1.82) is 0 Å². The third kappa shape index (κ3) is 1.60. The van der Waals surface area contributed by atoms with Crippen LogP contribution in [-0.2, 0) is 0 Å². The first kappa shape index (κ1) is 10.0. The molecule has 84 valence electrons. The highest BCUT2D eigenvalue weighted by molar-refractivity contribution is 7.09. The van der Waals surface area contributed by atoms with Gasteiger partial charge in [0.1, 0.15) is 4.88 Å². The Kier molecular flexibility index (Phi) is 2.19. The molecule has 2 heterocycles. The summed E-state index contributed by atoms with van der Waals surface area (Å²) in [6.07, 6.45) is 3.21. The van der Waals surface area contributed by atoms with Gasteiger partial charge in [0.25, 0.3) is 0 Å². The number of rotatable bonds is 2. The third-order valence-electron chi connectivity index (χ3n) is 2.53. The number of hydrogen-bond donors (Lipinski definition) is 1. The molecule has 3 rings (SSSR count). The molecule has 17 heavy (non-hydrogen) atoms. The lowest BCUT2D eigenvalue weighted by Crippen LogP contribution is -1.91. The fraction of sp³-hybridized carbons (Fsp3) is 0. The zero-order valence-corrected chi connectivity index (χ0v) is 9.40. The maximum atomic E-state index is 11.0. The molecule has 2 aromatic heterocycles. The normalized spacial score (nSPS) is 10.8. The van der Waals surface area contributed by atoms with Crippen LogP contribution in [0.15, 0.2) is 41.2 Å². The van der Waals surface area contributed by atoms with Crippen molar-refractivity contribution in [1.82, 2.24) is 4.37 Å². The molecule has 0 amide bonds. The van der Waals surface area contributed by atoms with Crippen LogP contribution < -0.4 is 0 Å². The number of benzene rings is 1. The predicted octanol–water partition coefficient (Wildman–Crippen LogP) is 3.25. The molecule has 4 nitrogen and oxygen atoms in total. The van der Waals surface area contributed by atoms with Crippen molar-refractivity contribution in [2.75, 3.05) is 0 Å². The Balaban J connectivity index is 2.24. The van der Waals surface area contributed by atoms with Gasteiger partial charge in [-0.1, -0.05) is 6.07 Å². The monoisotopic (exact) mass is 245 g/mol. The fourth-order valence-electron chi connectivity index (χ4n) is 1.70. The number of carboxylic acids is 1. The molecule has 0 fully saturated rings. The number of carboxylic acid groups (broad SMARTS) is 1. The molecule has 5 heteroatoms. The van der Waals surface area contributed by atoms with E-state index in [0.29, 0.717) is 10.9 Å². The number of hydrogen-bond acceptors (Lipinski definition) is 4. The van der Waals surface area contributed by atoms with Gasteiger partial charge in [-0.2, -0.15) is 4.37 Å². The lowest BCUT2D eigenvalue weighted by atomic mass is 10.1. The van der Waals surface area contributed by atoms with E-state index in [9.17, 15) is 4.79 Å². The Hall–Kier alpha value is -2.14. The number of fused-ring (bicyclic) bond motifs is 1. The van der Waals surface area contributed by atoms with Gasteiger partial charge in [0, 0.05) is 10.9 Å². The molecule has 0 aliphatic heterocycles. The first-order chi connectivity index (χ1) is 8.25. The van der Waals surface area contributed by atoms with E-state index in [-0.39, 0.29) is 4.88 Å². The Morgan fingerprint density at radius 2 is 2.18 bits per heavy atom. The van der Waals surface area contributed by atoms with E-state index in [1.54, 1.807) is 12.5 Å². The van der Waals surface area contributed by atoms with Gasteiger partial charge < -0.3 is 9.52 Å². The second-order valence-electron chi connectivity index (χ2n) is 3.56. The molecule has 3 aromatic rings. The van der Waals surface area contributed by atoms with Gasteiger partial charge in [-0.15, -0.1) is 0 Å². The van der Waals surface area contributed by atoms with E-state index in [4.69, 9.17) is 9.52 Å². The molecular weight excluding hydrogens is 238 g/mol. The van der Waals surface area contributed by atoms with Crippen LogP contribution in [0, 0.1) is 0 Å². The lowest BCUT2D eigenvalue weighted by molar-refractivity contribution is 0.0704. The zero-order valence-electron chi connectivity index (χ0n) is 8.58. The van der Waals surface area contributed by atoms with Gasteiger partial charge in [-0.05, 0) is 35.3 Å². The molecule has 0 atom stereocenters. The minimum atomic E-state index is -0.943. The van der Waals surface area contributed by atoms with Crippen LogP contribution in [0.2, 0.25) is 0 Å². The van der Waals surface area contributed by atoms with E-state index in [1.165, 1.54) is 0 Å². The molecular formula is C12H7NO3S. The number of carbonyl (C=O) groups is 1. The van der Waals surface area contributed by atoms with Gasteiger partial charge in [-0.3, -0.25) is 0 Å². The molecule has 0 spiro atoms. The number of furan rings is 1. The summed E-state index contributed by atoms with van der Waals surface area (Å²) in [4.78, 5) is 11.3. The molecule has 0 saturated heterocycles. The lowest BCUT2D eigenvalue weighted by Gasteiger charge is -1.97. The molecule has 0 saturated carbocycles. The minimum Gasteiger partial charge on any atom is -0.477 e. The van der Waals surface area contributed by atoms with Gasteiger partial charge >= 0.3 is 5.97 Å². The molecule has 0 bridgehead atoms. The molecule has 0 aliphatic rings. The summed E-state index contributed by atoms with van der Waals surface area (Å²) in [6, 6.07) is 7.38. The zero-order chi connectivity index (χ0) is 11.8. The second-order valence-corrected chi connectivity index (χ2v) is 4.33. The van der Waals surface area contributed by atoms with Gasteiger partial charge in [0.2, 0.25) is 0 Å². The van der Waals surface area contributed by atoms with Crippen LogP contribution in [0.5, 0.6) is 0 Å². The number of aromatic nitrogens is 1. The largest absolute Gasteiger partial charge is 0.477 e. The third-order valence-corrected chi connectivity index (χ3v) is 3.39.